The Morgan fingerprint density at radius 1 is 1.31 bits per heavy atom. The van der Waals surface area contributed by atoms with Crippen LogP contribution < -0.4 is 11.1 Å². The number of nitrogen functional groups attached to an aromatic ring is 1. The van der Waals surface area contributed by atoms with Gasteiger partial charge in [0.05, 0.1) is 0 Å². The number of benzene rings is 1. The first-order valence-corrected chi connectivity index (χ1v) is 5.60. The van der Waals surface area contributed by atoms with E-state index in [2.05, 4.69) is 45.1 Å². The van der Waals surface area contributed by atoms with Gasteiger partial charge in [0.2, 0.25) is 0 Å². The van der Waals surface area contributed by atoms with Gasteiger partial charge in [0.15, 0.2) is 0 Å². The highest BCUT2D eigenvalue weighted by atomic mass is 15.2. The third kappa shape index (κ3) is 3.14. The highest BCUT2D eigenvalue weighted by Gasteiger charge is 2.19. The molecule has 90 valence electrons. The summed E-state index contributed by atoms with van der Waals surface area (Å²) >= 11 is 0. The van der Waals surface area contributed by atoms with E-state index in [0.717, 1.165) is 17.9 Å². The van der Waals surface area contributed by atoms with Gasteiger partial charge in [-0.05, 0) is 58.6 Å². The Morgan fingerprint density at radius 3 is 2.44 bits per heavy atom. The predicted octanol–water partition coefficient (Wildman–Crippen LogP) is 2.33. The van der Waals surface area contributed by atoms with Gasteiger partial charge in [0.1, 0.15) is 0 Å². The summed E-state index contributed by atoms with van der Waals surface area (Å²) in [7, 11) is 4.19. The molecule has 0 heterocycles. The Bertz CT molecular complexity index is 356. The quantitative estimate of drug-likeness (QED) is 0.767. The number of anilines is 2. The largest absolute Gasteiger partial charge is 0.399 e. The lowest BCUT2D eigenvalue weighted by Crippen LogP contribution is -2.44. The molecule has 0 aliphatic carbocycles. The molecule has 3 heteroatoms. The van der Waals surface area contributed by atoms with Crippen molar-refractivity contribution in [2.45, 2.75) is 26.3 Å². The molecule has 0 aromatic heterocycles. The van der Waals surface area contributed by atoms with E-state index in [9.17, 15) is 0 Å². The van der Waals surface area contributed by atoms with Gasteiger partial charge in [0.25, 0.3) is 0 Å². The summed E-state index contributed by atoms with van der Waals surface area (Å²) in [5.74, 6) is 0. The first-order valence-electron chi connectivity index (χ1n) is 5.60. The smallest absolute Gasteiger partial charge is 0.0372 e. The van der Waals surface area contributed by atoms with Crippen LogP contribution in [0.15, 0.2) is 18.2 Å². The average Bonchev–Trinajstić information content (AvgIpc) is 2.16. The van der Waals surface area contributed by atoms with Gasteiger partial charge < -0.3 is 16.0 Å². The fourth-order valence-corrected chi connectivity index (χ4v) is 1.35. The molecule has 0 fully saturated rings. The van der Waals surface area contributed by atoms with Crippen LogP contribution in [0.4, 0.5) is 11.4 Å². The molecule has 0 saturated heterocycles. The van der Waals surface area contributed by atoms with Crippen LogP contribution in [0.1, 0.15) is 19.4 Å². The highest BCUT2D eigenvalue weighted by Crippen LogP contribution is 2.19. The van der Waals surface area contributed by atoms with Gasteiger partial charge >= 0.3 is 0 Å². The normalized spacial score (nSPS) is 11.9. The lowest BCUT2D eigenvalue weighted by molar-refractivity contribution is 0.210. The first kappa shape index (κ1) is 12.8. The fraction of sp³-hybridized carbons (Fsp3) is 0.538. The summed E-state index contributed by atoms with van der Waals surface area (Å²) in [4.78, 5) is 2.21. The van der Waals surface area contributed by atoms with E-state index in [1.54, 1.807) is 0 Å². The van der Waals surface area contributed by atoms with Crippen LogP contribution in [0.5, 0.6) is 0 Å². The minimum absolute atomic E-state index is 0.133. The van der Waals surface area contributed by atoms with E-state index in [-0.39, 0.29) is 5.54 Å². The van der Waals surface area contributed by atoms with Crippen LogP contribution in [0, 0.1) is 6.92 Å². The molecule has 1 aromatic carbocycles. The van der Waals surface area contributed by atoms with E-state index in [4.69, 9.17) is 5.73 Å². The number of nitrogens with one attached hydrogen (secondary N) is 1. The average molecular weight is 221 g/mol. The number of nitrogens with two attached hydrogens (primary N) is 1. The summed E-state index contributed by atoms with van der Waals surface area (Å²) in [6.45, 7) is 7.41. The molecule has 0 aliphatic rings. The number of rotatable bonds is 4. The molecule has 3 nitrogen and oxygen atoms in total. The van der Waals surface area contributed by atoms with Gasteiger partial charge in [-0.1, -0.05) is 0 Å². The summed E-state index contributed by atoms with van der Waals surface area (Å²) < 4.78 is 0. The molecular formula is C13H23N3. The van der Waals surface area contributed by atoms with Gasteiger partial charge in [-0.3, -0.25) is 0 Å². The molecule has 0 radical (unpaired) electrons. The van der Waals surface area contributed by atoms with Crippen LogP contribution in [-0.4, -0.2) is 31.1 Å². The number of hydrogen-bond acceptors (Lipinski definition) is 3. The molecule has 16 heavy (non-hydrogen) atoms. The Kier molecular flexibility index (Phi) is 3.81. The number of aryl methyl sites for hydroxylation is 1. The minimum atomic E-state index is 0.133. The van der Waals surface area contributed by atoms with Gasteiger partial charge in [-0.2, -0.15) is 0 Å². The van der Waals surface area contributed by atoms with Crippen molar-refractivity contribution in [3.63, 3.8) is 0 Å². The second kappa shape index (κ2) is 4.74. The van der Waals surface area contributed by atoms with Gasteiger partial charge in [-0.15, -0.1) is 0 Å². The Morgan fingerprint density at radius 2 is 1.94 bits per heavy atom. The third-order valence-electron chi connectivity index (χ3n) is 3.17. The first-order chi connectivity index (χ1) is 7.33. The Balaban J connectivity index is 2.68. The number of nitrogens with zero attached hydrogens (tertiary/aromatic N) is 1. The topological polar surface area (TPSA) is 41.3 Å². The van der Waals surface area contributed by atoms with Crippen LogP contribution in [0.2, 0.25) is 0 Å². The maximum atomic E-state index is 5.72. The monoisotopic (exact) mass is 221 g/mol. The van der Waals surface area contributed by atoms with Gasteiger partial charge in [-0.25, -0.2) is 0 Å². The zero-order valence-electron chi connectivity index (χ0n) is 11.0. The molecule has 0 saturated carbocycles. The maximum absolute atomic E-state index is 5.72. The SMILES string of the molecule is Cc1cc(N)ccc1NCC(C)(C)N(C)C. The predicted molar refractivity (Wildman–Crippen MR) is 71.8 cm³/mol. The van der Waals surface area contributed by atoms with Crippen molar-refractivity contribution < 1.29 is 0 Å². The fourth-order valence-electron chi connectivity index (χ4n) is 1.35. The molecule has 1 aromatic rings. The van der Waals surface area contributed by atoms with Crippen molar-refractivity contribution >= 4 is 11.4 Å². The molecule has 0 aliphatic heterocycles. The van der Waals surface area contributed by atoms with Crippen molar-refractivity contribution in [1.29, 1.82) is 0 Å². The Hall–Kier alpha value is -1.22. The van der Waals surface area contributed by atoms with Crippen LogP contribution in [-0.2, 0) is 0 Å². The summed E-state index contributed by atoms with van der Waals surface area (Å²) in [5, 5.41) is 3.46. The molecule has 1 rings (SSSR count). The highest BCUT2D eigenvalue weighted by molar-refractivity contribution is 5.57. The number of hydrogen-bond donors (Lipinski definition) is 2. The van der Waals surface area contributed by atoms with Crippen molar-refractivity contribution in [3.8, 4) is 0 Å². The molecular weight excluding hydrogens is 198 g/mol. The summed E-state index contributed by atoms with van der Waals surface area (Å²) in [6.07, 6.45) is 0. The van der Waals surface area contributed by atoms with E-state index >= 15 is 0 Å². The van der Waals surface area contributed by atoms with Crippen LogP contribution >= 0.6 is 0 Å². The van der Waals surface area contributed by atoms with Gasteiger partial charge in [0, 0.05) is 23.5 Å². The lowest BCUT2D eigenvalue weighted by atomic mass is 10.0. The lowest BCUT2D eigenvalue weighted by Gasteiger charge is -2.33. The molecule has 0 amide bonds. The molecule has 0 atom stereocenters. The molecule has 0 unspecified atom stereocenters. The zero-order valence-corrected chi connectivity index (χ0v) is 11.0. The number of likely N-dealkylation sites (N-methyl/N-ethyl adjacent to an activating group) is 1. The Labute approximate surface area is 98.6 Å². The van der Waals surface area contributed by atoms with E-state index < -0.39 is 0 Å². The van der Waals surface area contributed by atoms with Crippen LogP contribution in [0.25, 0.3) is 0 Å². The second-order valence-electron chi connectivity index (χ2n) is 5.13. The third-order valence-corrected chi connectivity index (χ3v) is 3.17. The van der Waals surface area contributed by atoms with Crippen molar-refractivity contribution in [2.24, 2.45) is 0 Å². The molecule has 0 bridgehead atoms. The summed E-state index contributed by atoms with van der Waals surface area (Å²) in [5.41, 5.74) is 9.02. The van der Waals surface area contributed by atoms with E-state index in [1.165, 1.54) is 5.56 Å². The standard InChI is InChI=1S/C13H23N3/c1-10-8-11(14)6-7-12(10)15-9-13(2,3)16(4)5/h6-8,15H,9,14H2,1-5H3. The molecule has 0 spiro atoms. The zero-order chi connectivity index (χ0) is 12.3. The summed E-state index contributed by atoms with van der Waals surface area (Å²) in [6, 6.07) is 5.96. The molecule has 3 N–H and O–H groups in total. The van der Waals surface area contributed by atoms with E-state index in [1.807, 2.05) is 18.2 Å². The van der Waals surface area contributed by atoms with Crippen LogP contribution in [0.3, 0.4) is 0 Å². The second-order valence-corrected chi connectivity index (χ2v) is 5.13. The maximum Gasteiger partial charge on any atom is 0.0372 e. The van der Waals surface area contributed by atoms with E-state index in [0.29, 0.717) is 0 Å². The van der Waals surface area contributed by atoms with Crippen molar-refractivity contribution in [1.82, 2.24) is 4.90 Å². The van der Waals surface area contributed by atoms with Crippen molar-refractivity contribution in [2.75, 3.05) is 31.7 Å². The minimum Gasteiger partial charge on any atom is -0.399 e. The van der Waals surface area contributed by atoms with Crippen molar-refractivity contribution in [3.05, 3.63) is 23.8 Å².